The van der Waals surface area contributed by atoms with Gasteiger partial charge in [-0.05, 0) is 18.2 Å². The molecule has 30 heavy (non-hydrogen) atoms. The Bertz CT molecular complexity index is 1330. The van der Waals surface area contributed by atoms with E-state index < -0.39 is 16.8 Å². The number of nitrogens with one attached hydrogen (secondary N) is 1. The molecule has 0 aliphatic heterocycles. The van der Waals surface area contributed by atoms with Gasteiger partial charge in [0.15, 0.2) is 5.76 Å². The summed E-state index contributed by atoms with van der Waals surface area (Å²) in [4.78, 5) is 33.7. The van der Waals surface area contributed by atoms with Gasteiger partial charge in [0.2, 0.25) is 0 Å². The summed E-state index contributed by atoms with van der Waals surface area (Å²) in [7, 11) is 0. The van der Waals surface area contributed by atoms with Gasteiger partial charge in [-0.15, -0.1) is 0 Å². The van der Waals surface area contributed by atoms with Crippen LogP contribution in [-0.4, -0.2) is 32.7 Å². The maximum atomic E-state index is 12.3. The topological polar surface area (TPSA) is 140 Å². The fourth-order valence-corrected chi connectivity index (χ4v) is 3.13. The third-order valence-electron chi connectivity index (χ3n) is 4.43. The van der Waals surface area contributed by atoms with E-state index in [0.717, 1.165) is 10.9 Å². The molecule has 0 fully saturated rings. The van der Waals surface area contributed by atoms with Crippen LogP contribution in [0, 0.1) is 10.1 Å². The van der Waals surface area contributed by atoms with E-state index in [4.69, 9.17) is 9.52 Å². The Balaban J connectivity index is 1.55. The molecule has 2 aromatic heterocycles. The second-order valence-electron chi connectivity index (χ2n) is 6.41. The lowest BCUT2D eigenvalue weighted by Gasteiger charge is -1.99. The highest BCUT2D eigenvalue weighted by Crippen LogP contribution is 2.24. The van der Waals surface area contributed by atoms with Crippen molar-refractivity contribution in [2.24, 2.45) is 5.10 Å². The number of aliphatic carboxylic acids is 1. The number of non-ortho nitro benzene ring substituents is 1. The third-order valence-corrected chi connectivity index (χ3v) is 4.43. The molecule has 4 aromatic rings. The molecule has 2 aromatic carbocycles. The molecular weight excluding hydrogens is 392 g/mol. The number of hydrazone groups is 1. The van der Waals surface area contributed by atoms with Gasteiger partial charge in [0.05, 0.1) is 11.1 Å². The molecule has 0 bridgehead atoms. The maximum Gasteiger partial charge on any atom is 0.323 e. The quantitative estimate of drug-likeness (QED) is 0.286. The minimum Gasteiger partial charge on any atom is -0.480 e. The number of hydrogen-bond acceptors (Lipinski definition) is 6. The van der Waals surface area contributed by atoms with Crippen LogP contribution in [0.3, 0.4) is 0 Å². The number of nitro groups is 1. The molecule has 2 heterocycles. The average molecular weight is 406 g/mol. The lowest BCUT2D eigenvalue weighted by molar-refractivity contribution is -0.384. The highest BCUT2D eigenvalue weighted by atomic mass is 16.6. The number of benzene rings is 2. The number of carboxylic acid groups (broad SMARTS) is 1. The Morgan fingerprint density at radius 2 is 2.03 bits per heavy atom. The molecular formula is C20H14N4O6. The van der Waals surface area contributed by atoms with Gasteiger partial charge in [-0.25, -0.2) is 5.43 Å². The number of aromatic nitrogens is 1. The zero-order valence-electron chi connectivity index (χ0n) is 15.3. The summed E-state index contributed by atoms with van der Waals surface area (Å²) in [6, 6.07) is 12.7. The average Bonchev–Trinajstić information content (AvgIpc) is 3.29. The summed E-state index contributed by atoms with van der Waals surface area (Å²) in [5.41, 5.74) is 3.93. The number of nitrogens with zero attached hydrogens (tertiary/aromatic N) is 3. The second-order valence-corrected chi connectivity index (χ2v) is 6.41. The number of fused-ring (bicyclic) bond motifs is 2. The van der Waals surface area contributed by atoms with E-state index >= 15 is 0 Å². The number of para-hydroxylation sites is 1. The van der Waals surface area contributed by atoms with Crippen LogP contribution in [0.1, 0.15) is 16.1 Å². The molecule has 0 aliphatic carbocycles. The first kappa shape index (κ1) is 18.9. The van der Waals surface area contributed by atoms with E-state index in [1.54, 1.807) is 22.9 Å². The van der Waals surface area contributed by atoms with E-state index in [2.05, 4.69) is 10.5 Å². The number of nitro benzene ring substituents is 1. The van der Waals surface area contributed by atoms with Crippen LogP contribution < -0.4 is 5.43 Å². The minimum atomic E-state index is -0.974. The monoisotopic (exact) mass is 406 g/mol. The molecule has 4 rings (SSSR count). The van der Waals surface area contributed by atoms with Crippen molar-refractivity contribution in [3.63, 3.8) is 0 Å². The molecule has 10 nitrogen and oxygen atoms in total. The van der Waals surface area contributed by atoms with Gasteiger partial charge in [0.25, 0.3) is 5.69 Å². The molecule has 0 saturated heterocycles. The Labute approximate surface area is 168 Å². The van der Waals surface area contributed by atoms with Crippen LogP contribution in [0.5, 0.6) is 0 Å². The first-order valence-corrected chi connectivity index (χ1v) is 8.73. The SMILES string of the molecule is O=C(O)Cn1cc(/C=N\NC(=O)c2cc3cc([N+](=O)[O-])ccc3o2)c2ccccc21. The molecule has 150 valence electrons. The predicted octanol–water partition coefficient (Wildman–Crippen LogP) is 3.14. The van der Waals surface area contributed by atoms with Crippen molar-refractivity contribution in [2.45, 2.75) is 6.54 Å². The van der Waals surface area contributed by atoms with E-state index in [1.165, 1.54) is 30.5 Å². The van der Waals surface area contributed by atoms with E-state index in [-0.39, 0.29) is 18.0 Å². The van der Waals surface area contributed by atoms with Gasteiger partial charge >= 0.3 is 11.9 Å². The van der Waals surface area contributed by atoms with Gasteiger partial charge < -0.3 is 14.1 Å². The number of carbonyl (C=O) groups is 2. The number of furan rings is 1. The molecule has 0 radical (unpaired) electrons. The third kappa shape index (κ3) is 3.61. The van der Waals surface area contributed by atoms with Crippen LogP contribution >= 0.6 is 0 Å². The first-order valence-electron chi connectivity index (χ1n) is 8.73. The van der Waals surface area contributed by atoms with Gasteiger partial charge in [0, 0.05) is 40.2 Å². The molecule has 0 saturated carbocycles. The van der Waals surface area contributed by atoms with Crippen LogP contribution in [-0.2, 0) is 11.3 Å². The highest BCUT2D eigenvalue weighted by molar-refractivity contribution is 6.01. The van der Waals surface area contributed by atoms with E-state index in [9.17, 15) is 19.7 Å². The Hall–Kier alpha value is -4.47. The number of amides is 1. The van der Waals surface area contributed by atoms with Crippen molar-refractivity contribution in [2.75, 3.05) is 0 Å². The Morgan fingerprint density at radius 3 is 2.80 bits per heavy atom. The molecule has 2 N–H and O–H groups in total. The van der Waals surface area contributed by atoms with Crippen molar-refractivity contribution in [3.8, 4) is 0 Å². The number of carbonyl (C=O) groups excluding carboxylic acids is 1. The molecule has 1 amide bonds. The molecule has 10 heteroatoms. The highest BCUT2D eigenvalue weighted by Gasteiger charge is 2.15. The minimum absolute atomic E-state index is 0.0454. The van der Waals surface area contributed by atoms with Gasteiger partial charge in [-0.1, -0.05) is 18.2 Å². The zero-order valence-corrected chi connectivity index (χ0v) is 15.3. The fraction of sp³-hybridized carbons (Fsp3) is 0.0500. The molecule has 0 spiro atoms. The summed E-state index contributed by atoms with van der Waals surface area (Å²) in [5, 5.41) is 25.1. The smallest absolute Gasteiger partial charge is 0.323 e. The van der Waals surface area contributed by atoms with Gasteiger partial charge in [-0.3, -0.25) is 19.7 Å². The van der Waals surface area contributed by atoms with Crippen LogP contribution in [0.4, 0.5) is 5.69 Å². The second kappa shape index (κ2) is 7.51. The van der Waals surface area contributed by atoms with Crippen LogP contribution in [0.25, 0.3) is 21.9 Å². The predicted molar refractivity (Wildman–Crippen MR) is 108 cm³/mol. The summed E-state index contributed by atoms with van der Waals surface area (Å²) >= 11 is 0. The van der Waals surface area contributed by atoms with Crippen molar-refractivity contribution >= 4 is 45.7 Å². The van der Waals surface area contributed by atoms with Crippen molar-refractivity contribution in [1.82, 2.24) is 9.99 Å². The van der Waals surface area contributed by atoms with E-state index in [1.807, 2.05) is 12.1 Å². The zero-order chi connectivity index (χ0) is 21.3. The largest absolute Gasteiger partial charge is 0.480 e. The molecule has 0 atom stereocenters. The normalized spacial score (nSPS) is 11.3. The summed E-state index contributed by atoms with van der Waals surface area (Å²) in [6.07, 6.45) is 3.04. The maximum absolute atomic E-state index is 12.3. The Kier molecular flexibility index (Phi) is 4.72. The molecule has 0 unspecified atom stereocenters. The number of hydrogen-bond donors (Lipinski definition) is 2. The van der Waals surface area contributed by atoms with Gasteiger partial charge in [-0.2, -0.15) is 5.10 Å². The van der Waals surface area contributed by atoms with Crippen LogP contribution in [0.2, 0.25) is 0 Å². The standard InChI is InChI=1S/C20H14N4O6/c25-19(26)11-23-10-13(15-3-1-2-4-16(15)23)9-21-22-20(27)18-8-12-7-14(24(28)29)5-6-17(12)30-18/h1-10H,11H2,(H,22,27)(H,25,26)/b21-9-. The first-order chi connectivity index (χ1) is 14.4. The number of rotatable bonds is 6. The molecule has 0 aliphatic rings. The van der Waals surface area contributed by atoms with Crippen molar-refractivity contribution in [1.29, 1.82) is 0 Å². The lowest BCUT2D eigenvalue weighted by Crippen LogP contribution is -2.16. The Morgan fingerprint density at radius 1 is 1.23 bits per heavy atom. The lowest BCUT2D eigenvalue weighted by atomic mass is 10.2. The fourth-order valence-electron chi connectivity index (χ4n) is 3.13. The summed E-state index contributed by atoms with van der Waals surface area (Å²) in [6.45, 7) is -0.203. The summed E-state index contributed by atoms with van der Waals surface area (Å²) < 4.78 is 6.98. The van der Waals surface area contributed by atoms with Gasteiger partial charge in [0.1, 0.15) is 12.1 Å². The van der Waals surface area contributed by atoms with E-state index in [0.29, 0.717) is 16.5 Å². The van der Waals surface area contributed by atoms with Crippen LogP contribution in [0.15, 0.2) is 64.2 Å². The van der Waals surface area contributed by atoms with Crippen molar-refractivity contribution < 1.29 is 24.0 Å². The summed E-state index contributed by atoms with van der Waals surface area (Å²) in [5.74, 6) is -1.65. The van der Waals surface area contributed by atoms with Crippen molar-refractivity contribution in [3.05, 3.63) is 76.2 Å². The number of carboxylic acids is 1.